The smallest absolute Gasteiger partial charge is 0.153 e. The summed E-state index contributed by atoms with van der Waals surface area (Å²) in [6.45, 7) is 2.82. The fraction of sp³-hybridized carbons (Fsp3) is 0.545. The standard InChI is InChI=1S/C22H30N4O2S/c1-2-19-25-20-21(17-12-6-7-13-18(17)24-22(20)23)26(19)14-8-9-15-29(27,28)16-10-4-3-5-11-16/h6-7,12-13,16H,2-5,8-11,14-15H2,1H3,(H2,23,24). The largest absolute Gasteiger partial charge is 0.382 e. The summed E-state index contributed by atoms with van der Waals surface area (Å²) in [5, 5.41) is 0.921. The number of aromatic nitrogens is 3. The molecule has 0 spiro atoms. The average molecular weight is 415 g/mol. The van der Waals surface area contributed by atoms with E-state index >= 15 is 0 Å². The molecule has 0 amide bonds. The first-order valence-electron chi connectivity index (χ1n) is 10.8. The van der Waals surface area contributed by atoms with Gasteiger partial charge in [0.05, 0.1) is 22.0 Å². The Balaban J connectivity index is 1.55. The first-order chi connectivity index (χ1) is 14.0. The van der Waals surface area contributed by atoms with Crippen LogP contribution in [0.3, 0.4) is 0 Å². The molecule has 156 valence electrons. The first-order valence-corrected chi connectivity index (χ1v) is 12.5. The van der Waals surface area contributed by atoms with Gasteiger partial charge in [-0.1, -0.05) is 44.4 Å². The fourth-order valence-electron chi connectivity index (χ4n) is 4.58. The number of aryl methyl sites for hydroxylation is 2. The molecule has 29 heavy (non-hydrogen) atoms. The maximum Gasteiger partial charge on any atom is 0.153 e. The number of unbranched alkanes of at least 4 members (excludes halogenated alkanes) is 1. The monoisotopic (exact) mass is 414 g/mol. The van der Waals surface area contributed by atoms with Gasteiger partial charge in [0.15, 0.2) is 15.7 Å². The zero-order valence-corrected chi connectivity index (χ0v) is 17.9. The molecular weight excluding hydrogens is 384 g/mol. The predicted molar refractivity (Wildman–Crippen MR) is 119 cm³/mol. The van der Waals surface area contributed by atoms with E-state index < -0.39 is 9.84 Å². The van der Waals surface area contributed by atoms with Gasteiger partial charge in [-0.3, -0.25) is 0 Å². The van der Waals surface area contributed by atoms with Crippen molar-refractivity contribution in [2.24, 2.45) is 0 Å². The van der Waals surface area contributed by atoms with Crippen molar-refractivity contribution in [3.63, 3.8) is 0 Å². The van der Waals surface area contributed by atoms with Gasteiger partial charge in [-0.15, -0.1) is 0 Å². The van der Waals surface area contributed by atoms with Gasteiger partial charge in [0.1, 0.15) is 11.3 Å². The maximum absolute atomic E-state index is 12.7. The summed E-state index contributed by atoms with van der Waals surface area (Å²) < 4.78 is 27.5. The van der Waals surface area contributed by atoms with Crippen LogP contribution in [0.15, 0.2) is 24.3 Å². The summed E-state index contributed by atoms with van der Waals surface area (Å²) >= 11 is 0. The number of sulfone groups is 1. The van der Waals surface area contributed by atoms with Crippen LogP contribution in [-0.4, -0.2) is 34.0 Å². The highest BCUT2D eigenvalue weighted by atomic mass is 32.2. The number of pyridine rings is 1. The number of rotatable bonds is 7. The lowest BCUT2D eigenvalue weighted by atomic mass is 10.0. The van der Waals surface area contributed by atoms with Crippen LogP contribution >= 0.6 is 0 Å². The van der Waals surface area contributed by atoms with Crippen molar-refractivity contribution >= 4 is 37.6 Å². The number of imidazole rings is 1. The molecule has 1 aromatic carbocycles. The number of nitrogens with zero attached hydrogens (tertiary/aromatic N) is 3. The van der Waals surface area contributed by atoms with Crippen LogP contribution in [0.25, 0.3) is 21.9 Å². The topological polar surface area (TPSA) is 90.9 Å². The van der Waals surface area contributed by atoms with Gasteiger partial charge in [-0.25, -0.2) is 18.4 Å². The molecule has 1 aliphatic rings. The fourth-order valence-corrected chi connectivity index (χ4v) is 6.57. The number of para-hydroxylation sites is 1. The highest BCUT2D eigenvalue weighted by Gasteiger charge is 2.26. The summed E-state index contributed by atoms with van der Waals surface area (Å²) in [6, 6.07) is 7.97. The molecule has 1 fully saturated rings. The number of fused-ring (bicyclic) bond motifs is 3. The molecule has 3 aromatic rings. The molecular formula is C22H30N4O2S. The highest BCUT2D eigenvalue weighted by molar-refractivity contribution is 7.92. The molecule has 4 rings (SSSR count). The van der Waals surface area contributed by atoms with Crippen LogP contribution in [0, 0.1) is 0 Å². The predicted octanol–water partition coefficient (Wildman–Crippen LogP) is 4.26. The van der Waals surface area contributed by atoms with Crippen LogP contribution < -0.4 is 5.73 Å². The molecule has 0 atom stereocenters. The Bertz CT molecular complexity index is 1110. The van der Waals surface area contributed by atoms with Crippen molar-refractivity contribution in [2.75, 3.05) is 11.5 Å². The second kappa shape index (κ2) is 8.30. The molecule has 0 unspecified atom stereocenters. The Hall–Kier alpha value is -2.15. The maximum atomic E-state index is 12.7. The van der Waals surface area contributed by atoms with Gasteiger partial charge in [0.25, 0.3) is 0 Å². The third-order valence-corrected chi connectivity index (χ3v) is 8.47. The van der Waals surface area contributed by atoms with Gasteiger partial charge in [-0.05, 0) is 31.7 Å². The molecule has 1 aliphatic carbocycles. The minimum atomic E-state index is -2.98. The van der Waals surface area contributed by atoms with Crippen molar-refractivity contribution in [3.05, 3.63) is 30.1 Å². The number of nitrogen functional groups attached to an aromatic ring is 1. The molecule has 2 aromatic heterocycles. The summed E-state index contributed by atoms with van der Waals surface area (Å²) in [5.74, 6) is 1.71. The summed E-state index contributed by atoms with van der Waals surface area (Å²) in [5.41, 5.74) is 8.81. The normalized spacial score (nSPS) is 16.0. The average Bonchev–Trinajstić information content (AvgIpc) is 3.11. The lowest BCUT2D eigenvalue weighted by Crippen LogP contribution is -2.26. The second-order valence-corrected chi connectivity index (χ2v) is 10.5. The molecule has 0 aliphatic heterocycles. The van der Waals surface area contributed by atoms with E-state index in [2.05, 4.69) is 22.5 Å². The molecule has 0 saturated heterocycles. The number of benzene rings is 1. The van der Waals surface area contributed by atoms with E-state index in [1.54, 1.807) is 0 Å². The highest BCUT2D eigenvalue weighted by Crippen LogP contribution is 2.29. The molecule has 2 heterocycles. The second-order valence-electron chi connectivity index (χ2n) is 8.08. The SMILES string of the molecule is CCc1nc2c(N)nc3ccccc3c2n1CCCCS(=O)(=O)C1CCCCC1. The summed E-state index contributed by atoms with van der Waals surface area (Å²) in [7, 11) is -2.98. The van der Waals surface area contributed by atoms with E-state index in [4.69, 9.17) is 10.7 Å². The van der Waals surface area contributed by atoms with E-state index in [1.807, 2.05) is 18.2 Å². The first kappa shape index (κ1) is 20.1. The van der Waals surface area contributed by atoms with Crippen LogP contribution in [0.5, 0.6) is 0 Å². The zero-order chi connectivity index (χ0) is 20.4. The quantitative estimate of drug-likeness (QED) is 0.583. The van der Waals surface area contributed by atoms with Gasteiger partial charge >= 0.3 is 0 Å². The van der Waals surface area contributed by atoms with Crippen LogP contribution in [0.2, 0.25) is 0 Å². The van der Waals surface area contributed by atoms with Gasteiger partial charge < -0.3 is 10.3 Å². The van der Waals surface area contributed by atoms with Gasteiger partial charge in [0, 0.05) is 18.4 Å². The van der Waals surface area contributed by atoms with E-state index in [0.717, 1.165) is 72.8 Å². The molecule has 2 N–H and O–H groups in total. The van der Waals surface area contributed by atoms with Crippen molar-refractivity contribution in [2.45, 2.75) is 70.1 Å². The van der Waals surface area contributed by atoms with Crippen LogP contribution in [0.4, 0.5) is 5.82 Å². The van der Waals surface area contributed by atoms with E-state index in [9.17, 15) is 8.42 Å². The Morgan fingerprint density at radius 1 is 1.10 bits per heavy atom. The van der Waals surface area contributed by atoms with Gasteiger partial charge in [-0.2, -0.15) is 0 Å². The Morgan fingerprint density at radius 2 is 1.86 bits per heavy atom. The van der Waals surface area contributed by atoms with E-state index in [0.29, 0.717) is 12.2 Å². The number of anilines is 1. The van der Waals surface area contributed by atoms with E-state index in [1.165, 1.54) is 6.42 Å². The number of nitrogens with two attached hydrogens (primary N) is 1. The summed E-state index contributed by atoms with van der Waals surface area (Å²) in [6.07, 6.45) is 7.23. The summed E-state index contributed by atoms with van der Waals surface area (Å²) in [4.78, 5) is 9.23. The third kappa shape index (κ3) is 3.97. The Morgan fingerprint density at radius 3 is 2.62 bits per heavy atom. The molecule has 0 bridgehead atoms. The molecule has 0 radical (unpaired) electrons. The lowest BCUT2D eigenvalue weighted by Gasteiger charge is -2.21. The number of hydrogen-bond acceptors (Lipinski definition) is 5. The van der Waals surface area contributed by atoms with E-state index in [-0.39, 0.29) is 11.0 Å². The lowest BCUT2D eigenvalue weighted by molar-refractivity contribution is 0.482. The molecule has 7 heteroatoms. The molecule has 1 saturated carbocycles. The van der Waals surface area contributed by atoms with Crippen LogP contribution in [-0.2, 0) is 22.8 Å². The Kier molecular flexibility index (Phi) is 5.76. The Labute approximate surface area is 172 Å². The van der Waals surface area contributed by atoms with Crippen LogP contribution in [0.1, 0.15) is 57.7 Å². The number of hydrogen-bond donors (Lipinski definition) is 1. The van der Waals surface area contributed by atoms with Crippen molar-refractivity contribution < 1.29 is 8.42 Å². The minimum absolute atomic E-state index is 0.119. The molecule has 6 nitrogen and oxygen atoms in total. The van der Waals surface area contributed by atoms with Crippen molar-refractivity contribution in [1.82, 2.24) is 14.5 Å². The zero-order valence-electron chi connectivity index (χ0n) is 17.1. The minimum Gasteiger partial charge on any atom is -0.382 e. The van der Waals surface area contributed by atoms with Crippen molar-refractivity contribution in [3.8, 4) is 0 Å². The van der Waals surface area contributed by atoms with Crippen molar-refractivity contribution in [1.29, 1.82) is 0 Å². The third-order valence-electron chi connectivity index (χ3n) is 6.13. The van der Waals surface area contributed by atoms with Gasteiger partial charge in [0.2, 0.25) is 0 Å².